The summed E-state index contributed by atoms with van der Waals surface area (Å²) < 4.78 is 12.3. The Labute approximate surface area is 132 Å². The molecule has 21 heavy (non-hydrogen) atoms. The van der Waals surface area contributed by atoms with Gasteiger partial charge < -0.3 is 14.6 Å². The molecule has 0 radical (unpaired) electrons. The van der Waals surface area contributed by atoms with Crippen molar-refractivity contribution in [1.82, 2.24) is 4.90 Å². The number of hydrogen-bond acceptors (Lipinski definition) is 4. The Hall–Kier alpha value is -0.950. The number of halogens is 1. The third kappa shape index (κ3) is 3.13. The van der Waals surface area contributed by atoms with Crippen molar-refractivity contribution in [2.45, 2.75) is 24.7 Å². The molecule has 2 aliphatic heterocycles. The van der Waals surface area contributed by atoms with E-state index in [1.54, 1.807) is 0 Å². The third-order valence-corrected chi connectivity index (χ3v) is 4.69. The van der Waals surface area contributed by atoms with E-state index in [0.29, 0.717) is 39.1 Å². The molecule has 2 heterocycles. The normalized spacial score (nSPS) is 23.3. The van der Waals surface area contributed by atoms with Gasteiger partial charge >= 0.3 is 5.97 Å². The average molecular weight is 356 g/mol. The molecule has 6 heteroatoms. The van der Waals surface area contributed by atoms with Gasteiger partial charge in [0.25, 0.3) is 0 Å². The van der Waals surface area contributed by atoms with Gasteiger partial charge in [0, 0.05) is 30.4 Å². The number of carbonyl (C=O) groups is 1. The van der Waals surface area contributed by atoms with Crippen LogP contribution >= 0.6 is 15.9 Å². The van der Waals surface area contributed by atoms with E-state index in [9.17, 15) is 9.90 Å². The van der Waals surface area contributed by atoms with Crippen molar-refractivity contribution in [3.63, 3.8) is 0 Å². The Balaban J connectivity index is 1.73. The second-order valence-electron chi connectivity index (χ2n) is 5.44. The largest absolute Gasteiger partial charge is 0.480 e. The monoisotopic (exact) mass is 355 g/mol. The van der Waals surface area contributed by atoms with Crippen LogP contribution in [0.25, 0.3) is 0 Å². The summed E-state index contributed by atoms with van der Waals surface area (Å²) in [6, 6.07) is 6.85. The quantitative estimate of drug-likeness (QED) is 0.902. The lowest BCUT2D eigenvalue weighted by molar-refractivity contribution is -0.190. The van der Waals surface area contributed by atoms with E-state index in [-0.39, 0.29) is 0 Å². The maximum Gasteiger partial charge on any atom is 0.325 e. The van der Waals surface area contributed by atoms with Crippen LogP contribution in [0.4, 0.5) is 0 Å². The number of piperidine rings is 1. The van der Waals surface area contributed by atoms with E-state index in [1.165, 1.54) is 0 Å². The number of nitrogens with zero attached hydrogens (tertiary/aromatic N) is 1. The molecule has 0 bridgehead atoms. The van der Waals surface area contributed by atoms with E-state index >= 15 is 0 Å². The van der Waals surface area contributed by atoms with Gasteiger partial charge in [-0.15, -0.1) is 0 Å². The van der Waals surface area contributed by atoms with Crippen molar-refractivity contribution in [3.05, 3.63) is 34.3 Å². The van der Waals surface area contributed by atoms with Crippen LogP contribution in [-0.2, 0) is 14.3 Å². The average Bonchev–Trinajstić information content (AvgIpc) is 2.92. The predicted molar refractivity (Wildman–Crippen MR) is 80.0 cm³/mol. The lowest BCUT2D eigenvalue weighted by atomic mass is 9.98. The van der Waals surface area contributed by atoms with Crippen LogP contribution < -0.4 is 0 Å². The van der Waals surface area contributed by atoms with E-state index in [4.69, 9.17) is 9.47 Å². The number of ether oxygens (including phenoxy) is 2. The molecule has 0 amide bonds. The molecule has 1 spiro atoms. The standard InChI is InChI=1S/C15H18BrNO4/c16-12-3-1-11(2-4-12)13(14(18)19)17-7-5-15(6-8-17)20-9-10-21-15/h1-4,13H,5-10H2,(H,18,19)/t13-/m1/s1. The number of likely N-dealkylation sites (tertiary alicyclic amines) is 1. The fraction of sp³-hybridized carbons (Fsp3) is 0.533. The Morgan fingerprint density at radius 2 is 1.76 bits per heavy atom. The minimum Gasteiger partial charge on any atom is -0.480 e. The summed E-state index contributed by atoms with van der Waals surface area (Å²) in [5.74, 6) is -1.29. The fourth-order valence-corrected chi connectivity index (χ4v) is 3.33. The van der Waals surface area contributed by atoms with Gasteiger partial charge in [-0.25, -0.2) is 0 Å². The smallest absolute Gasteiger partial charge is 0.325 e. The highest BCUT2D eigenvalue weighted by atomic mass is 79.9. The first-order valence-corrected chi connectivity index (χ1v) is 7.89. The molecule has 114 valence electrons. The minimum absolute atomic E-state index is 0.473. The topological polar surface area (TPSA) is 59.0 Å². The van der Waals surface area contributed by atoms with Gasteiger partial charge in [-0.05, 0) is 17.7 Å². The molecule has 2 aliphatic rings. The van der Waals surface area contributed by atoms with Crippen molar-refractivity contribution in [2.75, 3.05) is 26.3 Å². The van der Waals surface area contributed by atoms with Crippen LogP contribution in [0.1, 0.15) is 24.4 Å². The lowest BCUT2D eigenvalue weighted by Crippen LogP contribution is -2.47. The predicted octanol–water partition coefficient (Wildman–Crippen LogP) is 2.41. The molecule has 1 aromatic carbocycles. The molecular weight excluding hydrogens is 338 g/mol. The highest BCUT2D eigenvalue weighted by Gasteiger charge is 2.42. The molecule has 0 aromatic heterocycles. The first kappa shape index (κ1) is 15.0. The number of carboxylic acid groups (broad SMARTS) is 1. The van der Waals surface area contributed by atoms with Gasteiger partial charge in [0.2, 0.25) is 0 Å². The van der Waals surface area contributed by atoms with Crippen molar-refractivity contribution < 1.29 is 19.4 Å². The molecule has 0 unspecified atom stereocenters. The van der Waals surface area contributed by atoms with Crippen LogP contribution in [0.3, 0.4) is 0 Å². The Morgan fingerprint density at radius 1 is 1.19 bits per heavy atom. The molecule has 1 atom stereocenters. The van der Waals surface area contributed by atoms with E-state index in [2.05, 4.69) is 15.9 Å². The zero-order chi connectivity index (χ0) is 14.9. The summed E-state index contributed by atoms with van der Waals surface area (Å²) in [5, 5.41) is 9.59. The second-order valence-corrected chi connectivity index (χ2v) is 6.35. The van der Waals surface area contributed by atoms with E-state index < -0.39 is 17.8 Å². The second kappa shape index (κ2) is 6.04. The molecule has 0 aliphatic carbocycles. The zero-order valence-corrected chi connectivity index (χ0v) is 13.2. The van der Waals surface area contributed by atoms with Gasteiger partial charge in [-0.2, -0.15) is 0 Å². The Morgan fingerprint density at radius 3 is 2.29 bits per heavy atom. The summed E-state index contributed by atoms with van der Waals surface area (Å²) in [5.41, 5.74) is 0.801. The highest BCUT2D eigenvalue weighted by Crippen LogP contribution is 2.35. The molecular formula is C15H18BrNO4. The first-order valence-electron chi connectivity index (χ1n) is 7.10. The van der Waals surface area contributed by atoms with Crippen LogP contribution in [0.2, 0.25) is 0 Å². The SMILES string of the molecule is O=C(O)[C@@H](c1ccc(Br)cc1)N1CCC2(CC1)OCCO2. The van der Waals surface area contributed by atoms with Gasteiger partial charge in [0.15, 0.2) is 5.79 Å². The van der Waals surface area contributed by atoms with Crippen LogP contribution in [0.5, 0.6) is 0 Å². The van der Waals surface area contributed by atoms with Gasteiger partial charge in [0.05, 0.1) is 13.2 Å². The fourth-order valence-electron chi connectivity index (χ4n) is 3.06. The molecule has 2 saturated heterocycles. The third-order valence-electron chi connectivity index (χ3n) is 4.16. The van der Waals surface area contributed by atoms with Crippen molar-refractivity contribution in [3.8, 4) is 0 Å². The maximum absolute atomic E-state index is 11.7. The van der Waals surface area contributed by atoms with Crippen LogP contribution in [0, 0.1) is 0 Å². The first-order chi connectivity index (χ1) is 10.1. The molecule has 1 aromatic rings. The zero-order valence-electron chi connectivity index (χ0n) is 11.6. The molecule has 1 N–H and O–H groups in total. The van der Waals surface area contributed by atoms with Crippen LogP contribution in [0.15, 0.2) is 28.7 Å². The summed E-state index contributed by atoms with van der Waals surface area (Å²) in [6.07, 6.45) is 1.43. The summed E-state index contributed by atoms with van der Waals surface area (Å²) in [7, 11) is 0. The summed E-state index contributed by atoms with van der Waals surface area (Å²) >= 11 is 3.37. The van der Waals surface area contributed by atoms with Gasteiger partial charge in [-0.3, -0.25) is 9.69 Å². The van der Waals surface area contributed by atoms with Gasteiger partial charge in [0.1, 0.15) is 6.04 Å². The number of benzene rings is 1. The van der Waals surface area contributed by atoms with Crippen molar-refractivity contribution in [2.24, 2.45) is 0 Å². The highest BCUT2D eigenvalue weighted by molar-refractivity contribution is 9.10. The summed E-state index contributed by atoms with van der Waals surface area (Å²) in [4.78, 5) is 13.7. The summed E-state index contributed by atoms with van der Waals surface area (Å²) in [6.45, 7) is 2.59. The molecule has 3 rings (SSSR count). The molecule has 5 nitrogen and oxygen atoms in total. The van der Waals surface area contributed by atoms with E-state index in [1.807, 2.05) is 29.2 Å². The minimum atomic E-state index is -0.818. The number of hydrogen-bond donors (Lipinski definition) is 1. The Kier molecular flexibility index (Phi) is 4.31. The number of rotatable bonds is 3. The van der Waals surface area contributed by atoms with Crippen molar-refractivity contribution in [1.29, 1.82) is 0 Å². The number of aliphatic carboxylic acids is 1. The van der Waals surface area contributed by atoms with Crippen LogP contribution in [-0.4, -0.2) is 48.1 Å². The molecule has 0 saturated carbocycles. The van der Waals surface area contributed by atoms with Gasteiger partial charge in [-0.1, -0.05) is 28.1 Å². The van der Waals surface area contributed by atoms with Crippen molar-refractivity contribution >= 4 is 21.9 Å². The Bertz CT molecular complexity index is 503. The lowest BCUT2D eigenvalue weighted by Gasteiger charge is -2.40. The number of carboxylic acids is 1. The van der Waals surface area contributed by atoms with E-state index in [0.717, 1.165) is 10.0 Å². The molecule has 2 fully saturated rings. The maximum atomic E-state index is 11.7.